The largest absolute Gasteiger partial charge is 0.460 e. The molecule has 7 nitrogen and oxygen atoms in total. The Morgan fingerprint density at radius 3 is 2.15 bits per heavy atom. The second kappa shape index (κ2) is 11.0. The number of nitrogens with zero attached hydrogens (tertiary/aromatic N) is 1. The average molecular weight is 495 g/mol. The molecule has 2 heterocycles. The molecular formula is C24H34N2O5S2. The van der Waals surface area contributed by atoms with Crippen LogP contribution in [0.5, 0.6) is 0 Å². The average Bonchev–Trinajstić information content (AvgIpc) is 3.47. The molecule has 0 aromatic carbocycles. The van der Waals surface area contributed by atoms with Gasteiger partial charge in [0.15, 0.2) is 0 Å². The lowest BCUT2D eigenvalue weighted by Crippen LogP contribution is -2.44. The maximum Gasteiger partial charge on any atom is 0.407 e. The lowest BCUT2D eigenvalue weighted by Gasteiger charge is -2.35. The third kappa shape index (κ3) is 6.79. The molecule has 0 spiro atoms. The van der Waals surface area contributed by atoms with Gasteiger partial charge in [0.25, 0.3) is 0 Å². The number of hydrogen-bond donors (Lipinski definition) is 2. The van der Waals surface area contributed by atoms with Crippen LogP contribution in [0.3, 0.4) is 0 Å². The SMILES string of the molecule is CN(CCNC(=O)OC(C)(C)C)C1CCC(OC(=O)C(O)(c2cccs2)c2cccs2)CC1. The van der Waals surface area contributed by atoms with Crippen LogP contribution < -0.4 is 5.32 Å². The summed E-state index contributed by atoms with van der Waals surface area (Å²) < 4.78 is 11.1. The Morgan fingerprint density at radius 2 is 1.67 bits per heavy atom. The van der Waals surface area contributed by atoms with Gasteiger partial charge in [-0.3, -0.25) is 0 Å². The molecule has 1 amide bonds. The van der Waals surface area contributed by atoms with E-state index in [9.17, 15) is 14.7 Å². The predicted octanol–water partition coefficient (Wildman–Crippen LogP) is 4.36. The highest BCUT2D eigenvalue weighted by Crippen LogP contribution is 2.38. The molecule has 2 aromatic heterocycles. The van der Waals surface area contributed by atoms with Crippen molar-refractivity contribution in [1.82, 2.24) is 10.2 Å². The molecule has 0 saturated heterocycles. The van der Waals surface area contributed by atoms with Crippen molar-refractivity contribution in [2.75, 3.05) is 20.1 Å². The van der Waals surface area contributed by atoms with Crippen LogP contribution in [-0.4, -0.2) is 60.0 Å². The van der Waals surface area contributed by atoms with Gasteiger partial charge in [-0.15, -0.1) is 22.7 Å². The summed E-state index contributed by atoms with van der Waals surface area (Å²) in [6.45, 7) is 6.74. The van der Waals surface area contributed by atoms with Crippen LogP contribution in [0.1, 0.15) is 56.2 Å². The number of amides is 1. The van der Waals surface area contributed by atoms with E-state index in [-0.39, 0.29) is 6.10 Å². The number of nitrogens with one attached hydrogen (secondary N) is 1. The maximum absolute atomic E-state index is 13.1. The molecule has 0 atom stereocenters. The van der Waals surface area contributed by atoms with Gasteiger partial charge < -0.3 is 24.8 Å². The smallest absolute Gasteiger partial charge is 0.407 e. The van der Waals surface area contributed by atoms with Crippen LogP contribution in [0, 0.1) is 0 Å². The number of carbonyl (C=O) groups excluding carboxylic acids is 2. The van der Waals surface area contributed by atoms with Gasteiger partial charge in [0.2, 0.25) is 5.60 Å². The number of esters is 1. The minimum atomic E-state index is -1.76. The van der Waals surface area contributed by atoms with Crippen molar-refractivity contribution in [3.63, 3.8) is 0 Å². The number of aliphatic hydroxyl groups is 1. The Balaban J connectivity index is 1.48. The van der Waals surface area contributed by atoms with E-state index in [1.165, 1.54) is 22.7 Å². The summed E-state index contributed by atoms with van der Waals surface area (Å²) in [5, 5.41) is 17.9. The molecule has 0 radical (unpaired) electrons. The van der Waals surface area contributed by atoms with Crippen molar-refractivity contribution in [2.45, 2.75) is 69.8 Å². The van der Waals surface area contributed by atoms with Gasteiger partial charge in [-0.1, -0.05) is 12.1 Å². The Morgan fingerprint density at radius 1 is 1.09 bits per heavy atom. The van der Waals surface area contributed by atoms with Crippen LogP contribution >= 0.6 is 22.7 Å². The summed E-state index contributed by atoms with van der Waals surface area (Å²) in [6, 6.07) is 7.54. The van der Waals surface area contributed by atoms with E-state index in [4.69, 9.17) is 9.47 Å². The standard InChI is InChI=1S/C24H34N2O5S2/c1-23(2,3)31-22(28)25-13-14-26(4)17-9-11-18(12-10-17)30-21(27)24(29,19-7-5-15-32-19)20-8-6-16-33-20/h5-8,15-18,29H,9-14H2,1-4H3,(H,25,28). The monoisotopic (exact) mass is 494 g/mol. The van der Waals surface area contributed by atoms with Crippen molar-refractivity contribution in [2.24, 2.45) is 0 Å². The summed E-state index contributed by atoms with van der Waals surface area (Å²) >= 11 is 2.69. The van der Waals surface area contributed by atoms with E-state index < -0.39 is 23.3 Å². The Hall–Kier alpha value is -1.94. The summed E-state index contributed by atoms with van der Waals surface area (Å²) in [5.74, 6) is -0.606. The molecule has 1 aliphatic rings. The molecular weight excluding hydrogens is 460 g/mol. The molecule has 182 valence electrons. The molecule has 1 aliphatic carbocycles. The molecule has 3 rings (SSSR count). The van der Waals surface area contributed by atoms with Gasteiger partial charge >= 0.3 is 12.1 Å². The van der Waals surface area contributed by atoms with Gasteiger partial charge in [0.1, 0.15) is 11.7 Å². The number of hydrogen-bond acceptors (Lipinski definition) is 8. The molecule has 0 unspecified atom stereocenters. The first kappa shape index (κ1) is 25.7. The summed E-state index contributed by atoms with van der Waals surface area (Å²) in [5.41, 5.74) is -2.27. The van der Waals surface area contributed by atoms with Crippen LogP contribution in [-0.2, 0) is 19.9 Å². The number of rotatable bonds is 8. The van der Waals surface area contributed by atoms with Gasteiger partial charge in [-0.05, 0) is 76.4 Å². The minimum Gasteiger partial charge on any atom is -0.460 e. The van der Waals surface area contributed by atoms with Crippen molar-refractivity contribution in [1.29, 1.82) is 0 Å². The van der Waals surface area contributed by atoms with Gasteiger partial charge in [-0.25, -0.2) is 9.59 Å². The van der Waals surface area contributed by atoms with Crippen molar-refractivity contribution >= 4 is 34.7 Å². The van der Waals surface area contributed by atoms with Gasteiger partial charge in [-0.2, -0.15) is 0 Å². The second-order valence-corrected chi connectivity index (χ2v) is 11.3. The zero-order valence-corrected chi connectivity index (χ0v) is 21.3. The van der Waals surface area contributed by atoms with Crippen LogP contribution in [0.25, 0.3) is 0 Å². The normalized spacial score (nSPS) is 19.3. The first-order valence-electron chi connectivity index (χ1n) is 11.3. The third-order valence-corrected chi connectivity index (χ3v) is 7.68. The molecule has 1 saturated carbocycles. The van der Waals surface area contributed by atoms with Gasteiger partial charge in [0, 0.05) is 19.1 Å². The Bertz CT molecular complexity index is 850. The molecule has 33 heavy (non-hydrogen) atoms. The fourth-order valence-corrected chi connectivity index (χ4v) is 5.68. The lowest BCUT2D eigenvalue weighted by atomic mass is 9.91. The quantitative estimate of drug-likeness (QED) is 0.531. The van der Waals surface area contributed by atoms with E-state index >= 15 is 0 Å². The number of alkyl carbamates (subject to hydrolysis) is 1. The van der Waals surface area contributed by atoms with E-state index in [0.717, 1.165) is 25.7 Å². The molecule has 0 aliphatic heterocycles. The molecule has 2 N–H and O–H groups in total. The van der Waals surface area contributed by atoms with E-state index in [1.807, 2.05) is 50.7 Å². The van der Waals surface area contributed by atoms with Crippen molar-refractivity contribution in [3.05, 3.63) is 44.8 Å². The van der Waals surface area contributed by atoms with Crippen LogP contribution in [0.15, 0.2) is 35.0 Å². The summed E-state index contributed by atoms with van der Waals surface area (Å²) in [7, 11) is 2.04. The second-order valence-electron chi connectivity index (χ2n) is 9.41. The zero-order chi connectivity index (χ0) is 24.1. The molecule has 9 heteroatoms. The molecule has 1 fully saturated rings. The summed E-state index contributed by atoms with van der Waals surface area (Å²) in [4.78, 5) is 28.3. The van der Waals surface area contributed by atoms with E-state index in [0.29, 0.717) is 28.9 Å². The predicted molar refractivity (Wildman–Crippen MR) is 131 cm³/mol. The fourth-order valence-electron chi connectivity index (χ4n) is 3.96. The highest BCUT2D eigenvalue weighted by Gasteiger charge is 2.45. The van der Waals surface area contributed by atoms with E-state index in [2.05, 4.69) is 10.2 Å². The fraction of sp³-hybridized carbons (Fsp3) is 0.583. The highest BCUT2D eigenvalue weighted by atomic mass is 32.1. The highest BCUT2D eigenvalue weighted by molar-refractivity contribution is 7.12. The van der Waals surface area contributed by atoms with Crippen LogP contribution in [0.2, 0.25) is 0 Å². The first-order chi connectivity index (χ1) is 15.6. The Kier molecular flexibility index (Phi) is 8.55. The number of carbonyl (C=O) groups is 2. The molecule has 2 aromatic rings. The summed E-state index contributed by atoms with van der Waals surface area (Å²) in [6.07, 6.45) is 2.63. The van der Waals surface area contributed by atoms with Crippen LogP contribution in [0.4, 0.5) is 4.79 Å². The zero-order valence-electron chi connectivity index (χ0n) is 19.7. The number of thiophene rings is 2. The van der Waals surface area contributed by atoms with Crippen molar-refractivity contribution < 1.29 is 24.2 Å². The maximum atomic E-state index is 13.1. The lowest BCUT2D eigenvalue weighted by molar-refractivity contribution is -0.169. The number of ether oxygens (including phenoxy) is 2. The first-order valence-corrected chi connectivity index (χ1v) is 13.0. The molecule has 0 bridgehead atoms. The Labute approximate surface area is 203 Å². The number of likely N-dealkylation sites (N-methyl/N-ethyl adjacent to an activating group) is 1. The third-order valence-electron chi connectivity index (χ3n) is 5.72. The van der Waals surface area contributed by atoms with E-state index in [1.54, 1.807) is 12.1 Å². The topological polar surface area (TPSA) is 88.1 Å². The van der Waals surface area contributed by atoms with Gasteiger partial charge in [0.05, 0.1) is 9.75 Å². The van der Waals surface area contributed by atoms with Crippen molar-refractivity contribution in [3.8, 4) is 0 Å². The minimum absolute atomic E-state index is 0.214.